The van der Waals surface area contributed by atoms with Crippen LogP contribution in [0.3, 0.4) is 0 Å². The Bertz CT molecular complexity index is 1670. The number of anilines is 2. The zero-order chi connectivity index (χ0) is 35.2. The lowest BCUT2D eigenvalue weighted by Gasteiger charge is -2.20. The Labute approximate surface area is 343 Å². The number of amides is 6. The lowest BCUT2D eigenvalue weighted by molar-refractivity contribution is -0.123. The molecule has 0 spiro atoms. The molecule has 2 rings (SSSR count). The molecule has 8 N–H and O–H groups in total. The summed E-state index contributed by atoms with van der Waals surface area (Å²) >= 11 is 10.7. The van der Waals surface area contributed by atoms with E-state index in [-0.39, 0.29) is 47.9 Å². The number of halogens is 6. The average Bonchev–Trinajstić information content (AvgIpc) is 2.98. The highest BCUT2D eigenvalue weighted by atomic mass is 127. The monoisotopic (exact) mass is 1310 g/mol. The van der Waals surface area contributed by atoms with Gasteiger partial charge >= 0.3 is 5.97 Å². The van der Waals surface area contributed by atoms with Gasteiger partial charge in [-0.2, -0.15) is 0 Å². The van der Waals surface area contributed by atoms with E-state index in [2.05, 4.69) is 31.9 Å². The van der Waals surface area contributed by atoms with E-state index >= 15 is 0 Å². The van der Waals surface area contributed by atoms with Crippen LogP contribution >= 0.6 is 136 Å². The maximum atomic E-state index is 13.4. The number of carboxylic acids is 1. The lowest BCUT2D eigenvalue weighted by Crippen LogP contribution is -2.48. The summed E-state index contributed by atoms with van der Waals surface area (Å²) in [4.78, 5) is 88.5. The van der Waals surface area contributed by atoms with Crippen LogP contribution in [-0.4, -0.2) is 84.9 Å². The smallest absolute Gasteiger partial charge is 0.337 e. The Kier molecular flexibility index (Phi) is 16.3. The summed E-state index contributed by atoms with van der Waals surface area (Å²) in [7, 11) is 2.73. The van der Waals surface area contributed by atoms with E-state index in [0.717, 1.165) is 0 Å². The van der Waals surface area contributed by atoms with Gasteiger partial charge in [-0.15, -0.1) is 0 Å². The Balaban J connectivity index is 2.50. The molecule has 2 aromatic rings. The molecule has 0 saturated heterocycles. The van der Waals surface area contributed by atoms with Gasteiger partial charge in [-0.25, -0.2) is 4.79 Å². The largest absolute Gasteiger partial charge is 0.478 e. The minimum Gasteiger partial charge on any atom is -0.478 e. The summed E-state index contributed by atoms with van der Waals surface area (Å²) in [6, 6.07) is -1.33. The normalized spacial score (nSPS) is 11.2. The van der Waals surface area contributed by atoms with Crippen LogP contribution in [0.4, 0.5) is 11.4 Å². The first-order chi connectivity index (χ1) is 21.4. The lowest BCUT2D eigenvalue weighted by atomic mass is 10.1. The standard InChI is InChI=1S/C25H22I6N6O9/c1-6(39)35-19-15(28)9(22(42)33-3)13(26)10(16(19)29)23(43)34-4-8(40)37-20-17(30)11(14(27)12(18(20)31)25(45)46)24(44)36-7(5-38)21(41)32-2/h7,38H,4-5H2,1-3H3,(H,32,41)(H,33,42)(H,34,43)(H,35,39)(H,36,44)(H,37,40)(H,45,46). The zero-order valence-electron chi connectivity index (χ0n) is 23.5. The average molecular weight is 1310 g/mol. The van der Waals surface area contributed by atoms with E-state index in [1.165, 1.54) is 21.0 Å². The Morgan fingerprint density at radius 3 is 1.57 bits per heavy atom. The minimum atomic E-state index is -1.39. The van der Waals surface area contributed by atoms with Crippen molar-refractivity contribution in [3.8, 4) is 0 Å². The molecule has 6 amide bonds. The molecule has 15 nitrogen and oxygen atoms in total. The van der Waals surface area contributed by atoms with Crippen molar-refractivity contribution >= 4 is 188 Å². The number of carboxylic acid groups (broad SMARTS) is 1. The summed E-state index contributed by atoms with van der Waals surface area (Å²) in [6.45, 7) is -0.0562. The second kappa shape index (κ2) is 18.2. The molecule has 0 bridgehead atoms. The summed E-state index contributed by atoms with van der Waals surface area (Å²) in [5.74, 6) is -5.39. The SMILES string of the molecule is CNC(=O)c1c(I)c(NC(C)=O)c(I)c(C(=O)NCC(=O)Nc2c(I)c(C(=O)O)c(I)c(C(=O)NC(CO)C(=O)NC)c2I)c1I. The molecule has 0 aliphatic heterocycles. The first kappa shape index (κ1) is 41.2. The number of carbonyl (C=O) groups is 7. The quantitative estimate of drug-likeness (QED) is 0.154. The maximum Gasteiger partial charge on any atom is 0.337 e. The molecule has 0 aliphatic rings. The van der Waals surface area contributed by atoms with Crippen molar-refractivity contribution in [3.05, 3.63) is 43.7 Å². The van der Waals surface area contributed by atoms with Gasteiger partial charge in [0.1, 0.15) is 6.04 Å². The summed E-state index contributed by atoms with van der Waals surface area (Å²) in [5.41, 5.74) is -0.0405. The third-order valence-corrected chi connectivity index (χ3v) is 12.3. The van der Waals surface area contributed by atoms with Crippen molar-refractivity contribution in [3.63, 3.8) is 0 Å². The second-order valence-corrected chi connectivity index (χ2v) is 15.2. The molecule has 0 radical (unpaired) electrons. The van der Waals surface area contributed by atoms with Gasteiger partial charge in [0, 0.05) is 28.2 Å². The first-order valence-corrected chi connectivity index (χ1v) is 18.8. The molecule has 21 heteroatoms. The van der Waals surface area contributed by atoms with Crippen LogP contribution < -0.4 is 31.9 Å². The molecule has 0 heterocycles. The van der Waals surface area contributed by atoms with Crippen molar-refractivity contribution in [2.24, 2.45) is 0 Å². The van der Waals surface area contributed by atoms with Crippen LogP contribution in [0.1, 0.15) is 48.4 Å². The van der Waals surface area contributed by atoms with Crippen LogP contribution in [0.15, 0.2) is 0 Å². The number of nitrogens with one attached hydrogen (secondary N) is 6. The molecule has 1 unspecified atom stereocenters. The van der Waals surface area contributed by atoms with Gasteiger partial charge in [-0.05, 0) is 136 Å². The van der Waals surface area contributed by atoms with E-state index in [0.29, 0.717) is 7.14 Å². The number of rotatable bonds is 11. The zero-order valence-corrected chi connectivity index (χ0v) is 36.5. The second-order valence-electron chi connectivity index (χ2n) is 8.75. The highest BCUT2D eigenvalue weighted by Gasteiger charge is 2.31. The Morgan fingerprint density at radius 1 is 0.652 bits per heavy atom. The molecule has 46 heavy (non-hydrogen) atoms. The highest BCUT2D eigenvalue weighted by Crippen LogP contribution is 2.37. The number of aliphatic hydroxyl groups excluding tert-OH is 1. The predicted octanol–water partition coefficient (Wildman–Crippen LogP) is 2.54. The van der Waals surface area contributed by atoms with Crippen molar-refractivity contribution in [2.45, 2.75) is 13.0 Å². The van der Waals surface area contributed by atoms with Crippen LogP contribution in [0.2, 0.25) is 0 Å². The minimum absolute atomic E-state index is 0.0288. The molecular formula is C25H22I6N6O9. The van der Waals surface area contributed by atoms with Crippen LogP contribution in [-0.2, 0) is 14.4 Å². The summed E-state index contributed by atoms with van der Waals surface area (Å²) in [6.07, 6.45) is 0. The molecular weight excluding hydrogens is 1290 g/mol. The molecule has 2 aromatic carbocycles. The number of benzene rings is 2. The van der Waals surface area contributed by atoms with Gasteiger partial charge < -0.3 is 42.1 Å². The van der Waals surface area contributed by atoms with E-state index in [1.807, 2.05) is 67.8 Å². The van der Waals surface area contributed by atoms with Crippen molar-refractivity contribution < 1.29 is 43.8 Å². The summed E-state index contributed by atoms with van der Waals surface area (Å²) in [5, 5.41) is 34.3. The predicted molar refractivity (Wildman–Crippen MR) is 217 cm³/mol. The van der Waals surface area contributed by atoms with E-state index < -0.39 is 60.6 Å². The third kappa shape index (κ3) is 9.40. The van der Waals surface area contributed by atoms with Crippen LogP contribution in [0, 0.1) is 21.4 Å². The number of hydrogen-bond donors (Lipinski definition) is 8. The topological polar surface area (TPSA) is 232 Å². The van der Waals surface area contributed by atoms with Crippen molar-refractivity contribution in [1.29, 1.82) is 0 Å². The van der Waals surface area contributed by atoms with Gasteiger partial charge in [0.25, 0.3) is 17.7 Å². The molecule has 1 atom stereocenters. The van der Waals surface area contributed by atoms with Gasteiger partial charge in [0.2, 0.25) is 17.7 Å². The van der Waals surface area contributed by atoms with Crippen LogP contribution in [0.5, 0.6) is 0 Å². The van der Waals surface area contributed by atoms with Gasteiger partial charge in [0.05, 0.1) is 61.1 Å². The maximum absolute atomic E-state index is 13.4. The van der Waals surface area contributed by atoms with Crippen LogP contribution in [0.25, 0.3) is 0 Å². The van der Waals surface area contributed by atoms with Gasteiger partial charge in [0.15, 0.2) is 0 Å². The molecule has 0 aliphatic carbocycles. The number of aromatic carboxylic acids is 1. The Morgan fingerprint density at radius 2 is 1.11 bits per heavy atom. The van der Waals surface area contributed by atoms with Gasteiger partial charge in [-0.1, -0.05) is 0 Å². The number of hydrogen-bond acceptors (Lipinski definition) is 8. The van der Waals surface area contributed by atoms with E-state index in [4.69, 9.17) is 0 Å². The fourth-order valence-electron chi connectivity index (χ4n) is 3.67. The number of likely N-dealkylation sites (N-methyl/N-ethyl adjacent to an activating group) is 1. The highest BCUT2D eigenvalue weighted by molar-refractivity contribution is 14.1. The molecule has 0 aromatic heterocycles. The number of aliphatic hydroxyl groups is 1. The van der Waals surface area contributed by atoms with Crippen molar-refractivity contribution in [2.75, 3.05) is 37.9 Å². The van der Waals surface area contributed by atoms with Gasteiger partial charge in [-0.3, -0.25) is 28.8 Å². The first-order valence-electron chi connectivity index (χ1n) is 12.3. The third-order valence-electron chi connectivity index (χ3n) is 5.78. The van der Waals surface area contributed by atoms with E-state index in [9.17, 15) is 43.8 Å². The van der Waals surface area contributed by atoms with Crippen molar-refractivity contribution in [1.82, 2.24) is 21.3 Å². The molecule has 0 fully saturated rings. The molecule has 0 saturated carbocycles. The fraction of sp³-hybridized carbons (Fsp3) is 0.240. The van der Waals surface area contributed by atoms with E-state index in [1.54, 1.807) is 67.8 Å². The Hall–Kier alpha value is -0.930. The number of carbonyl (C=O) groups excluding carboxylic acids is 6. The fourth-order valence-corrected chi connectivity index (χ4v) is 12.5. The molecule has 248 valence electrons. The summed E-state index contributed by atoms with van der Waals surface area (Å²) < 4.78 is 1.28.